The lowest BCUT2D eigenvalue weighted by Crippen LogP contribution is -2.09. The van der Waals surface area contributed by atoms with Gasteiger partial charge in [0.25, 0.3) is 0 Å². The molecule has 14 N–H and O–H groups in total. The summed E-state index contributed by atoms with van der Waals surface area (Å²) in [5.41, 5.74) is 4.37. The number of phosphoric acid groups is 4. The van der Waals surface area contributed by atoms with Crippen LogP contribution in [0.2, 0.25) is 0 Å². The van der Waals surface area contributed by atoms with Crippen molar-refractivity contribution in [2.75, 3.05) is 13.2 Å². The van der Waals surface area contributed by atoms with E-state index in [1.807, 2.05) is 0 Å². The fourth-order valence-electron chi connectivity index (χ4n) is 3.65. The number of phosphoric ester groups is 4. The second-order valence-electron chi connectivity index (χ2n) is 11.4. The second-order valence-corrected chi connectivity index (χ2v) is 16.3. The molecule has 0 saturated carbocycles. The van der Waals surface area contributed by atoms with E-state index in [2.05, 4.69) is 68.6 Å². The molecule has 0 bridgehead atoms. The minimum absolute atomic E-state index is 0.185. The van der Waals surface area contributed by atoms with Crippen molar-refractivity contribution in [2.24, 2.45) is 30.6 Å². The number of H-pyrrole nitrogens is 2. The smallest absolute Gasteiger partial charge is 0.411 e. The molecule has 2 aliphatic rings. The SMILES string of the molecule is C/C(=N/O)C1=NC=C(COP(=O)(O)O)C1.C/C(=N/O)c1ncc(COP(=O)(O)O)[nH]1.C/C(=N\O)C1=NC=C(COP(=O)(O)O)C1.C/C(=N\O)c1ncc(COP(=O)(O)O)[nH]1. The molecule has 0 aromatic carbocycles. The number of aromatic nitrogens is 4. The number of rotatable bonds is 16. The van der Waals surface area contributed by atoms with Crippen molar-refractivity contribution in [2.45, 2.75) is 53.8 Å². The first kappa shape index (κ1) is 53.6. The Morgan fingerprint density at radius 2 is 0.817 bits per heavy atom. The van der Waals surface area contributed by atoms with E-state index in [4.69, 9.17) is 60.0 Å². The molecule has 0 spiro atoms. The van der Waals surface area contributed by atoms with E-state index < -0.39 is 31.3 Å². The average molecular weight is 939 g/mol. The summed E-state index contributed by atoms with van der Waals surface area (Å²) in [5.74, 6) is 0.614. The molecule has 4 heterocycles. The molecule has 2 aromatic heterocycles. The predicted molar refractivity (Wildman–Crippen MR) is 205 cm³/mol. The summed E-state index contributed by atoms with van der Waals surface area (Å²) in [7, 11) is -17.8. The monoisotopic (exact) mass is 938 g/mol. The van der Waals surface area contributed by atoms with E-state index in [0.717, 1.165) is 0 Å². The summed E-state index contributed by atoms with van der Waals surface area (Å²) in [6.07, 6.45) is 6.30. The Bertz CT molecular complexity index is 2040. The number of hydrogen-bond acceptors (Lipinski definition) is 20. The van der Waals surface area contributed by atoms with Gasteiger partial charge in [-0.05, 0) is 38.8 Å². The first-order valence-electron chi connectivity index (χ1n) is 15.8. The molecule has 30 nitrogen and oxygen atoms in total. The van der Waals surface area contributed by atoms with Crippen LogP contribution in [0.5, 0.6) is 0 Å². The van der Waals surface area contributed by atoms with Gasteiger partial charge in [-0.2, -0.15) is 0 Å². The zero-order chi connectivity index (χ0) is 45.9. The predicted octanol–water partition coefficient (Wildman–Crippen LogP) is 1.78. The fraction of sp³-hybridized carbons (Fsp3) is 0.385. The molecule has 0 fully saturated rings. The summed E-state index contributed by atoms with van der Waals surface area (Å²) >= 11 is 0. The highest BCUT2D eigenvalue weighted by Crippen LogP contribution is 2.38. The fourth-order valence-corrected chi connectivity index (χ4v) is 4.94. The Morgan fingerprint density at radius 3 is 1.08 bits per heavy atom. The molecule has 2 aromatic rings. The van der Waals surface area contributed by atoms with Gasteiger partial charge in [0, 0.05) is 25.2 Å². The average Bonchev–Trinajstić information content (AvgIpc) is 4.01. The topological polar surface area (TPSA) is 479 Å². The number of oxime groups is 4. The van der Waals surface area contributed by atoms with Gasteiger partial charge >= 0.3 is 31.3 Å². The van der Waals surface area contributed by atoms with Crippen molar-refractivity contribution in [3.63, 3.8) is 0 Å². The van der Waals surface area contributed by atoms with Crippen LogP contribution in [0.25, 0.3) is 0 Å². The van der Waals surface area contributed by atoms with Gasteiger partial charge in [-0.1, -0.05) is 20.6 Å². The molecule has 60 heavy (non-hydrogen) atoms. The van der Waals surface area contributed by atoms with Crippen molar-refractivity contribution < 1.29 is 96.3 Å². The molecule has 336 valence electrons. The Morgan fingerprint density at radius 1 is 0.533 bits per heavy atom. The maximum absolute atomic E-state index is 10.4. The van der Waals surface area contributed by atoms with Crippen LogP contribution < -0.4 is 0 Å². The Balaban J connectivity index is 0.000000400. The second kappa shape index (κ2) is 24.7. The van der Waals surface area contributed by atoms with E-state index in [1.54, 1.807) is 13.8 Å². The highest BCUT2D eigenvalue weighted by atomic mass is 31.2. The van der Waals surface area contributed by atoms with Crippen LogP contribution in [0.15, 0.2) is 66.5 Å². The molecule has 34 heteroatoms. The number of aromatic amines is 2. The number of nitrogens with one attached hydrogen (secondary N) is 2. The van der Waals surface area contributed by atoms with Gasteiger partial charge in [0.05, 0.1) is 59.8 Å². The molecule has 0 aliphatic carbocycles. The third-order valence-electron chi connectivity index (χ3n) is 6.59. The molecule has 0 amide bonds. The Kier molecular flexibility index (Phi) is 22.1. The molecule has 0 saturated heterocycles. The molecule has 4 rings (SSSR count). The van der Waals surface area contributed by atoms with Gasteiger partial charge in [-0.25, -0.2) is 28.2 Å². The summed E-state index contributed by atoms with van der Waals surface area (Å²) in [6.45, 7) is 5.25. The number of hydrogen-bond donors (Lipinski definition) is 14. The van der Waals surface area contributed by atoms with E-state index in [1.165, 1.54) is 38.6 Å². The molecule has 0 unspecified atom stereocenters. The van der Waals surface area contributed by atoms with Crippen molar-refractivity contribution >= 4 is 65.6 Å². The molecule has 0 atom stereocenters. The number of aliphatic imine (C=N–C) groups is 2. The maximum atomic E-state index is 10.4. The summed E-state index contributed by atoms with van der Waals surface area (Å²) in [4.78, 5) is 88.4. The Hall–Kier alpha value is -4.44. The van der Waals surface area contributed by atoms with Crippen LogP contribution in [0.4, 0.5) is 0 Å². The minimum Gasteiger partial charge on any atom is -0.411 e. The number of imidazole rings is 2. The molecular formula is C26H42N10O20P4. The van der Waals surface area contributed by atoms with Gasteiger partial charge in [-0.3, -0.25) is 28.1 Å². The summed E-state index contributed by atoms with van der Waals surface area (Å²) in [6, 6.07) is 0. The minimum atomic E-state index is -4.48. The van der Waals surface area contributed by atoms with E-state index in [9.17, 15) is 18.3 Å². The lowest BCUT2D eigenvalue weighted by atomic mass is 10.1. The lowest BCUT2D eigenvalue weighted by molar-refractivity contribution is 0.185. The third kappa shape index (κ3) is 23.4. The zero-order valence-corrected chi connectivity index (χ0v) is 35.1. The standard InChI is InChI=1S/2C7H11N2O5P.2C6H10N3O5P/c2*1-5(9-10)7-2-6(3-8-7)4-14-15(11,12)13;2*1-4(9-10)6-7-2-5(8-6)3-14-15(11,12)13/h2*3,10H,2,4H2,1H3,(H2,11,12,13);2*2,10H,3H2,1H3,(H,7,8)(H2,11,12,13)/b9-5+;9-5-;9-4+;9-4-. The van der Waals surface area contributed by atoms with Crippen LogP contribution >= 0.6 is 31.3 Å². The van der Waals surface area contributed by atoms with Crippen LogP contribution in [0.1, 0.15) is 63.6 Å². The largest absolute Gasteiger partial charge is 0.469 e. The van der Waals surface area contributed by atoms with Crippen molar-refractivity contribution in [3.05, 3.63) is 59.0 Å². The number of nitrogens with zero attached hydrogens (tertiary/aromatic N) is 8. The molecular weight excluding hydrogens is 896 g/mol. The van der Waals surface area contributed by atoms with Gasteiger partial charge in [-0.15, -0.1) is 0 Å². The van der Waals surface area contributed by atoms with Crippen LogP contribution in [-0.4, -0.2) is 127 Å². The van der Waals surface area contributed by atoms with Gasteiger partial charge < -0.3 is 69.9 Å². The molecule has 0 radical (unpaired) electrons. The third-order valence-corrected chi connectivity index (χ3v) is 8.45. The van der Waals surface area contributed by atoms with E-state index in [-0.39, 0.29) is 37.9 Å². The van der Waals surface area contributed by atoms with Gasteiger partial charge in [0.15, 0.2) is 11.6 Å². The van der Waals surface area contributed by atoms with Crippen molar-refractivity contribution in [3.8, 4) is 0 Å². The van der Waals surface area contributed by atoms with E-state index >= 15 is 0 Å². The van der Waals surface area contributed by atoms with Crippen molar-refractivity contribution in [1.82, 2.24) is 19.9 Å². The highest BCUT2D eigenvalue weighted by molar-refractivity contribution is 7.47. The Labute approximate surface area is 338 Å². The molecule has 2 aliphatic heterocycles. The first-order chi connectivity index (χ1) is 27.7. The summed E-state index contributed by atoms with van der Waals surface area (Å²) in [5, 5.41) is 45.6. The lowest BCUT2D eigenvalue weighted by Gasteiger charge is -2.05. The van der Waals surface area contributed by atoms with Crippen LogP contribution in [0.3, 0.4) is 0 Å². The highest BCUT2D eigenvalue weighted by Gasteiger charge is 2.20. The van der Waals surface area contributed by atoms with Crippen molar-refractivity contribution in [1.29, 1.82) is 0 Å². The van der Waals surface area contributed by atoms with E-state index in [0.29, 0.717) is 69.9 Å². The van der Waals surface area contributed by atoms with Crippen LogP contribution in [-0.2, 0) is 49.6 Å². The quantitative estimate of drug-likeness (QED) is 0.0493. The van der Waals surface area contributed by atoms with Gasteiger partial charge in [0.2, 0.25) is 0 Å². The first-order valence-corrected chi connectivity index (χ1v) is 21.9. The van der Waals surface area contributed by atoms with Crippen LogP contribution in [0, 0.1) is 0 Å². The zero-order valence-electron chi connectivity index (χ0n) is 31.6. The normalized spacial score (nSPS) is 15.4. The summed E-state index contributed by atoms with van der Waals surface area (Å²) < 4.78 is 58.6. The maximum Gasteiger partial charge on any atom is 0.469 e. The van der Waals surface area contributed by atoms with Gasteiger partial charge in [0.1, 0.15) is 24.6 Å².